The summed E-state index contributed by atoms with van der Waals surface area (Å²) in [6, 6.07) is 7.59. The van der Waals surface area contributed by atoms with Gasteiger partial charge in [-0.05, 0) is 23.8 Å². The fourth-order valence-corrected chi connectivity index (χ4v) is 1.88. The first-order chi connectivity index (χ1) is 9.06. The molecule has 0 aliphatic carbocycles. The number of aromatic nitrogens is 2. The molecule has 1 heterocycles. The minimum absolute atomic E-state index is 0.129. The van der Waals surface area contributed by atoms with Crippen LogP contribution in [0.5, 0.6) is 0 Å². The van der Waals surface area contributed by atoms with Crippen LogP contribution < -0.4 is 10.9 Å². The number of hydrogen-bond acceptors (Lipinski definition) is 3. The van der Waals surface area contributed by atoms with Crippen LogP contribution in [0.2, 0.25) is 10.0 Å². The van der Waals surface area contributed by atoms with Gasteiger partial charge in [-0.1, -0.05) is 29.3 Å². The van der Waals surface area contributed by atoms with E-state index in [1.807, 2.05) is 0 Å². The molecule has 0 atom stereocenters. The predicted octanol–water partition coefficient (Wildman–Crippen LogP) is 2.01. The van der Waals surface area contributed by atoms with Gasteiger partial charge in [-0.2, -0.15) is 5.10 Å². The number of aromatic amines is 1. The fourth-order valence-electron chi connectivity index (χ4n) is 1.40. The molecule has 0 bridgehead atoms. The number of amides is 1. The molecule has 0 saturated carbocycles. The fraction of sp³-hybridized carbons (Fsp3) is 0.0833. The monoisotopic (exact) mass is 297 g/mol. The number of carbonyl (C=O) groups excluding carboxylic acids is 1. The lowest BCUT2D eigenvalue weighted by Crippen LogP contribution is -2.25. The first-order valence-electron chi connectivity index (χ1n) is 5.34. The summed E-state index contributed by atoms with van der Waals surface area (Å²) in [4.78, 5) is 22.6. The first-order valence-corrected chi connectivity index (χ1v) is 6.10. The van der Waals surface area contributed by atoms with Gasteiger partial charge < -0.3 is 5.32 Å². The highest BCUT2D eigenvalue weighted by Gasteiger charge is 2.08. The number of H-pyrrole nitrogens is 1. The highest BCUT2D eigenvalue weighted by Crippen LogP contribution is 2.20. The normalized spacial score (nSPS) is 10.2. The molecule has 98 valence electrons. The van der Waals surface area contributed by atoms with Crippen molar-refractivity contribution in [2.45, 2.75) is 6.54 Å². The van der Waals surface area contributed by atoms with E-state index in [4.69, 9.17) is 23.2 Å². The van der Waals surface area contributed by atoms with E-state index in [2.05, 4.69) is 15.5 Å². The van der Waals surface area contributed by atoms with Crippen LogP contribution in [0.1, 0.15) is 16.1 Å². The number of nitrogens with one attached hydrogen (secondary N) is 2. The molecule has 2 aromatic rings. The maximum absolute atomic E-state index is 11.7. The number of carbonyl (C=O) groups is 1. The van der Waals surface area contributed by atoms with Gasteiger partial charge >= 0.3 is 0 Å². The average molecular weight is 298 g/mol. The summed E-state index contributed by atoms with van der Waals surface area (Å²) in [6.45, 7) is 0.246. The molecule has 5 nitrogen and oxygen atoms in total. The minimum Gasteiger partial charge on any atom is -0.347 e. The number of rotatable bonds is 3. The van der Waals surface area contributed by atoms with E-state index < -0.39 is 5.91 Å². The maximum Gasteiger partial charge on any atom is 0.271 e. The number of hydrogen-bond donors (Lipinski definition) is 2. The molecule has 0 unspecified atom stereocenters. The van der Waals surface area contributed by atoms with Crippen LogP contribution in [0.4, 0.5) is 0 Å². The smallest absolute Gasteiger partial charge is 0.271 e. The van der Waals surface area contributed by atoms with Crippen LogP contribution in [0, 0.1) is 0 Å². The molecule has 1 aromatic carbocycles. The van der Waals surface area contributed by atoms with E-state index in [1.54, 1.807) is 18.2 Å². The van der Waals surface area contributed by atoms with E-state index in [9.17, 15) is 9.59 Å². The number of halogens is 2. The van der Waals surface area contributed by atoms with Gasteiger partial charge in [0.2, 0.25) is 0 Å². The first kappa shape index (κ1) is 13.6. The van der Waals surface area contributed by atoms with Crippen LogP contribution >= 0.6 is 23.2 Å². The lowest BCUT2D eigenvalue weighted by molar-refractivity contribution is 0.0945. The second kappa shape index (κ2) is 5.86. The van der Waals surface area contributed by atoms with Crippen molar-refractivity contribution in [1.82, 2.24) is 15.5 Å². The summed E-state index contributed by atoms with van der Waals surface area (Å²) < 4.78 is 0. The van der Waals surface area contributed by atoms with Gasteiger partial charge in [0.25, 0.3) is 11.5 Å². The van der Waals surface area contributed by atoms with E-state index in [0.717, 1.165) is 5.56 Å². The lowest BCUT2D eigenvalue weighted by Gasteiger charge is -2.06. The Morgan fingerprint density at radius 3 is 2.68 bits per heavy atom. The van der Waals surface area contributed by atoms with E-state index in [0.29, 0.717) is 10.0 Å². The molecule has 19 heavy (non-hydrogen) atoms. The summed E-state index contributed by atoms with van der Waals surface area (Å²) in [5.74, 6) is -0.401. The third-order valence-corrected chi connectivity index (χ3v) is 2.95. The molecule has 0 spiro atoms. The van der Waals surface area contributed by atoms with Crippen LogP contribution in [-0.2, 0) is 6.54 Å². The van der Waals surface area contributed by atoms with Crippen molar-refractivity contribution in [1.29, 1.82) is 0 Å². The molecule has 0 saturated heterocycles. The molecule has 2 N–H and O–H groups in total. The average Bonchev–Trinajstić information content (AvgIpc) is 2.38. The van der Waals surface area contributed by atoms with Crippen molar-refractivity contribution in [3.05, 3.63) is 62.0 Å². The van der Waals surface area contributed by atoms with Crippen molar-refractivity contribution in [3.8, 4) is 0 Å². The Morgan fingerprint density at radius 1 is 1.26 bits per heavy atom. The van der Waals surface area contributed by atoms with Crippen molar-refractivity contribution in [2.75, 3.05) is 0 Å². The zero-order valence-corrected chi connectivity index (χ0v) is 11.1. The molecular weight excluding hydrogens is 289 g/mol. The summed E-state index contributed by atoms with van der Waals surface area (Å²) >= 11 is 11.8. The highest BCUT2D eigenvalue weighted by atomic mass is 35.5. The Morgan fingerprint density at radius 2 is 2.05 bits per heavy atom. The second-order valence-corrected chi connectivity index (χ2v) is 4.57. The Hall–Kier alpha value is -1.85. The van der Waals surface area contributed by atoms with E-state index in [1.165, 1.54) is 12.1 Å². The molecule has 7 heteroatoms. The van der Waals surface area contributed by atoms with Crippen molar-refractivity contribution in [3.63, 3.8) is 0 Å². The zero-order valence-electron chi connectivity index (χ0n) is 9.61. The van der Waals surface area contributed by atoms with Crippen LogP contribution in [0.15, 0.2) is 35.1 Å². The summed E-state index contributed by atoms with van der Waals surface area (Å²) in [5, 5.41) is 9.46. The quantitative estimate of drug-likeness (QED) is 0.910. The van der Waals surface area contributed by atoms with Crippen LogP contribution in [0.3, 0.4) is 0 Å². The molecular formula is C12H9Cl2N3O2. The Balaban J connectivity index is 2.04. The Kier molecular flexibility index (Phi) is 4.19. The highest BCUT2D eigenvalue weighted by molar-refractivity contribution is 6.35. The molecule has 0 aliphatic heterocycles. The van der Waals surface area contributed by atoms with E-state index in [-0.39, 0.29) is 17.8 Å². The van der Waals surface area contributed by atoms with Gasteiger partial charge in [-0.3, -0.25) is 9.59 Å². The maximum atomic E-state index is 11.7. The molecule has 1 aromatic heterocycles. The van der Waals surface area contributed by atoms with Crippen LogP contribution in [0.25, 0.3) is 0 Å². The molecule has 0 fully saturated rings. The predicted molar refractivity (Wildman–Crippen MR) is 72.5 cm³/mol. The van der Waals surface area contributed by atoms with Crippen molar-refractivity contribution >= 4 is 29.1 Å². The van der Waals surface area contributed by atoms with Crippen molar-refractivity contribution < 1.29 is 4.79 Å². The second-order valence-electron chi connectivity index (χ2n) is 3.72. The van der Waals surface area contributed by atoms with Gasteiger partial charge in [0.05, 0.1) is 0 Å². The Labute approximate surface area is 118 Å². The van der Waals surface area contributed by atoms with Gasteiger partial charge in [0, 0.05) is 22.7 Å². The standard InChI is InChI=1S/C12H9Cl2N3O2/c13-8-2-1-7(9(14)5-8)6-15-12(19)10-3-4-11(18)17-16-10/h1-5H,6H2,(H,15,19)(H,17,18). The zero-order chi connectivity index (χ0) is 13.8. The summed E-state index contributed by atoms with van der Waals surface area (Å²) in [6.07, 6.45) is 0. The van der Waals surface area contributed by atoms with Gasteiger partial charge in [-0.15, -0.1) is 0 Å². The molecule has 0 aliphatic rings. The Bertz CT molecular complexity index is 650. The largest absolute Gasteiger partial charge is 0.347 e. The van der Waals surface area contributed by atoms with E-state index >= 15 is 0 Å². The SMILES string of the molecule is O=C(NCc1ccc(Cl)cc1Cl)c1ccc(=O)[nH]n1. The minimum atomic E-state index is -0.401. The van der Waals surface area contributed by atoms with Gasteiger partial charge in [0.15, 0.2) is 0 Å². The van der Waals surface area contributed by atoms with Gasteiger partial charge in [0.1, 0.15) is 5.69 Å². The van der Waals surface area contributed by atoms with Crippen LogP contribution in [-0.4, -0.2) is 16.1 Å². The third kappa shape index (κ3) is 3.56. The third-order valence-electron chi connectivity index (χ3n) is 2.37. The van der Waals surface area contributed by atoms with Crippen molar-refractivity contribution in [2.24, 2.45) is 0 Å². The lowest BCUT2D eigenvalue weighted by atomic mass is 10.2. The summed E-state index contributed by atoms with van der Waals surface area (Å²) in [5.41, 5.74) is 0.505. The number of nitrogens with zero attached hydrogens (tertiary/aromatic N) is 1. The molecule has 1 amide bonds. The molecule has 2 rings (SSSR count). The molecule has 0 radical (unpaired) electrons. The van der Waals surface area contributed by atoms with Gasteiger partial charge in [-0.25, -0.2) is 5.10 Å². The topological polar surface area (TPSA) is 74.8 Å². The number of benzene rings is 1. The summed E-state index contributed by atoms with van der Waals surface area (Å²) in [7, 11) is 0.